The second-order valence-electron chi connectivity index (χ2n) is 3.81. The molecule has 1 aromatic carbocycles. The minimum Gasteiger partial charge on any atom is -0.347 e. The van der Waals surface area contributed by atoms with E-state index in [1.54, 1.807) is 24.3 Å². The van der Waals surface area contributed by atoms with Crippen LogP contribution in [0, 0.1) is 4.91 Å². The van der Waals surface area contributed by atoms with Crippen molar-refractivity contribution in [1.82, 2.24) is 5.32 Å². The molecule has 1 fully saturated rings. The third-order valence-corrected chi connectivity index (χ3v) is 2.98. The van der Waals surface area contributed by atoms with Gasteiger partial charge in [-0.1, -0.05) is 28.9 Å². The van der Waals surface area contributed by atoms with Crippen molar-refractivity contribution in [1.29, 1.82) is 0 Å². The molecule has 1 N–H and O–H groups in total. The van der Waals surface area contributed by atoms with Crippen molar-refractivity contribution >= 4 is 17.5 Å². The Kier molecular flexibility index (Phi) is 3.19. The van der Waals surface area contributed by atoms with Crippen molar-refractivity contribution < 1.29 is 4.79 Å². The Balaban J connectivity index is 2.25. The highest BCUT2D eigenvalue weighted by Gasteiger charge is 2.30. The van der Waals surface area contributed by atoms with Gasteiger partial charge in [-0.15, -0.1) is 0 Å². The molecule has 16 heavy (non-hydrogen) atoms. The normalized spacial score (nSPS) is 24.9. The number of rotatable bonds is 2. The van der Waals surface area contributed by atoms with Crippen LogP contribution in [0.2, 0.25) is 5.02 Å². The fraction of sp³-hybridized carbons (Fsp3) is 0.364. The first-order valence-corrected chi connectivity index (χ1v) is 5.46. The summed E-state index contributed by atoms with van der Waals surface area (Å²) in [5, 5.41) is 6.47. The Morgan fingerprint density at radius 2 is 2.00 bits per heavy atom. The zero-order valence-corrected chi connectivity index (χ0v) is 9.28. The lowest BCUT2D eigenvalue weighted by Crippen LogP contribution is -2.40. The van der Waals surface area contributed by atoms with Crippen molar-refractivity contribution in [3.05, 3.63) is 39.8 Å². The maximum atomic E-state index is 11.3. The smallest absolute Gasteiger partial charge is 0.220 e. The molecule has 1 aliphatic rings. The zero-order chi connectivity index (χ0) is 11.5. The zero-order valence-electron chi connectivity index (χ0n) is 8.52. The number of hydrogen-bond acceptors (Lipinski definition) is 3. The molecule has 0 saturated carbocycles. The van der Waals surface area contributed by atoms with E-state index in [1.807, 2.05) is 0 Å². The Morgan fingerprint density at radius 3 is 2.62 bits per heavy atom. The molecular weight excluding hydrogens is 228 g/mol. The summed E-state index contributed by atoms with van der Waals surface area (Å²) in [4.78, 5) is 22.0. The molecule has 0 spiro atoms. The molecule has 0 radical (unpaired) electrons. The summed E-state index contributed by atoms with van der Waals surface area (Å²) in [6.07, 6.45) is 0.864. The highest BCUT2D eigenvalue weighted by molar-refractivity contribution is 6.30. The van der Waals surface area contributed by atoms with Gasteiger partial charge in [-0.3, -0.25) is 4.79 Å². The number of carbonyl (C=O) groups excluding carboxylic acids is 1. The van der Waals surface area contributed by atoms with E-state index in [-0.39, 0.29) is 18.0 Å². The van der Waals surface area contributed by atoms with Gasteiger partial charge in [0.15, 0.2) is 0 Å². The fourth-order valence-corrected chi connectivity index (χ4v) is 2.00. The standard InChI is InChI=1S/C11H11ClN2O2/c12-8-3-1-7(2-4-8)11-9(14-16)5-6-10(15)13-11/h1-4,9,11H,5-6H2,(H,13,15). The highest BCUT2D eigenvalue weighted by Crippen LogP contribution is 2.27. The van der Waals surface area contributed by atoms with Crippen LogP contribution in [0.5, 0.6) is 0 Å². The molecule has 5 heteroatoms. The van der Waals surface area contributed by atoms with E-state index in [0.717, 1.165) is 5.56 Å². The molecule has 0 bridgehead atoms. The summed E-state index contributed by atoms with van der Waals surface area (Å²) < 4.78 is 0. The van der Waals surface area contributed by atoms with Crippen LogP contribution in [0.1, 0.15) is 24.4 Å². The van der Waals surface area contributed by atoms with Crippen molar-refractivity contribution in [3.63, 3.8) is 0 Å². The van der Waals surface area contributed by atoms with Crippen LogP contribution >= 0.6 is 11.6 Å². The number of hydrogen-bond donors (Lipinski definition) is 1. The Bertz CT molecular complexity index is 405. The van der Waals surface area contributed by atoms with E-state index in [4.69, 9.17) is 11.6 Å². The third kappa shape index (κ3) is 2.22. The molecule has 1 aromatic rings. The minimum absolute atomic E-state index is 0.0418. The molecular formula is C11H11ClN2O2. The Morgan fingerprint density at radius 1 is 1.31 bits per heavy atom. The van der Waals surface area contributed by atoms with Crippen LogP contribution in [0.15, 0.2) is 29.4 Å². The Hall–Kier alpha value is -1.42. The van der Waals surface area contributed by atoms with E-state index in [1.165, 1.54) is 0 Å². The number of nitrogens with zero attached hydrogens (tertiary/aromatic N) is 1. The summed E-state index contributed by atoms with van der Waals surface area (Å²) in [5.41, 5.74) is 0.863. The molecule has 1 aliphatic heterocycles. The van der Waals surface area contributed by atoms with Crippen molar-refractivity contribution in [3.8, 4) is 0 Å². The first kappa shape index (κ1) is 11.1. The predicted octanol–water partition coefficient (Wildman–Crippen LogP) is 2.43. The SMILES string of the molecule is O=NC1CCC(=O)NC1c1ccc(Cl)cc1. The average molecular weight is 239 g/mol. The minimum atomic E-state index is -0.390. The van der Waals surface area contributed by atoms with E-state index in [0.29, 0.717) is 17.9 Å². The van der Waals surface area contributed by atoms with Gasteiger partial charge >= 0.3 is 0 Å². The molecule has 2 rings (SSSR count). The lowest BCUT2D eigenvalue weighted by atomic mass is 9.93. The quantitative estimate of drug-likeness (QED) is 0.805. The molecule has 84 valence electrons. The number of carbonyl (C=O) groups is 1. The molecule has 1 amide bonds. The molecule has 0 aliphatic carbocycles. The van der Waals surface area contributed by atoms with Gasteiger partial charge in [0.2, 0.25) is 5.91 Å². The van der Waals surface area contributed by atoms with Gasteiger partial charge < -0.3 is 5.32 Å². The number of amides is 1. The monoisotopic (exact) mass is 238 g/mol. The third-order valence-electron chi connectivity index (χ3n) is 2.73. The summed E-state index contributed by atoms with van der Waals surface area (Å²) in [7, 11) is 0. The first-order valence-electron chi connectivity index (χ1n) is 5.08. The van der Waals surface area contributed by atoms with Gasteiger partial charge in [0.1, 0.15) is 6.04 Å². The van der Waals surface area contributed by atoms with E-state index < -0.39 is 0 Å². The summed E-state index contributed by atoms with van der Waals surface area (Å²) in [5.74, 6) is -0.0418. The second kappa shape index (κ2) is 4.61. The van der Waals surface area contributed by atoms with Gasteiger partial charge in [-0.05, 0) is 24.1 Å². The maximum absolute atomic E-state index is 11.3. The van der Waals surface area contributed by atoms with Crippen LogP contribution in [-0.2, 0) is 4.79 Å². The predicted molar refractivity (Wildman–Crippen MR) is 61.2 cm³/mol. The highest BCUT2D eigenvalue weighted by atomic mass is 35.5. The first-order chi connectivity index (χ1) is 7.70. The van der Waals surface area contributed by atoms with Crippen molar-refractivity contribution in [2.45, 2.75) is 24.9 Å². The maximum Gasteiger partial charge on any atom is 0.220 e. The van der Waals surface area contributed by atoms with Gasteiger partial charge in [0.25, 0.3) is 0 Å². The Labute approximate surface area is 98.0 Å². The molecule has 0 aromatic heterocycles. The molecule has 1 saturated heterocycles. The molecule has 4 nitrogen and oxygen atoms in total. The van der Waals surface area contributed by atoms with Crippen molar-refractivity contribution in [2.75, 3.05) is 0 Å². The van der Waals surface area contributed by atoms with Crippen LogP contribution in [0.4, 0.5) is 0 Å². The lowest BCUT2D eigenvalue weighted by Gasteiger charge is -2.27. The van der Waals surface area contributed by atoms with Crippen molar-refractivity contribution in [2.24, 2.45) is 5.18 Å². The number of piperidine rings is 1. The summed E-state index contributed by atoms with van der Waals surface area (Å²) in [6.45, 7) is 0. The number of halogens is 1. The largest absolute Gasteiger partial charge is 0.347 e. The van der Waals surface area contributed by atoms with E-state index >= 15 is 0 Å². The van der Waals surface area contributed by atoms with Crippen LogP contribution in [0.25, 0.3) is 0 Å². The average Bonchev–Trinajstić information content (AvgIpc) is 2.30. The van der Waals surface area contributed by atoms with Crippen LogP contribution < -0.4 is 5.32 Å². The summed E-state index contributed by atoms with van der Waals surface area (Å²) in [6, 6.07) is 6.36. The van der Waals surface area contributed by atoms with Gasteiger partial charge in [0, 0.05) is 11.4 Å². The van der Waals surface area contributed by atoms with Crippen LogP contribution in [-0.4, -0.2) is 11.9 Å². The number of nitrogens with one attached hydrogen (secondary N) is 1. The number of benzene rings is 1. The summed E-state index contributed by atoms with van der Waals surface area (Å²) >= 11 is 5.78. The van der Waals surface area contributed by atoms with Crippen LogP contribution in [0.3, 0.4) is 0 Å². The lowest BCUT2D eigenvalue weighted by molar-refractivity contribution is -0.123. The van der Waals surface area contributed by atoms with E-state index in [2.05, 4.69) is 10.5 Å². The molecule has 2 unspecified atom stereocenters. The van der Waals surface area contributed by atoms with Gasteiger partial charge in [-0.2, -0.15) is 4.91 Å². The van der Waals surface area contributed by atoms with E-state index in [9.17, 15) is 9.70 Å². The fourth-order valence-electron chi connectivity index (χ4n) is 1.88. The second-order valence-corrected chi connectivity index (χ2v) is 4.24. The molecule has 2 atom stereocenters. The number of nitroso groups, excluding NO2 is 1. The van der Waals surface area contributed by atoms with Gasteiger partial charge in [-0.25, -0.2) is 0 Å². The van der Waals surface area contributed by atoms with Gasteiger partial charge in [0.05, 0.1) is 6.04 Å². The topological polar surface area (TPSA) is 58.5 Å². The molecule has 1 heterocycles.